The summed E-state index contributed by atoms with van der Waals surface area (Å²) in [5.74, 6) is -0.298. The molecule has 2 saturated heterocycles. The topological polar surface area (TPSA) is 60.9 Å². The van der Waals surface area contributed by atoms with Gasteiger partial charge in [0, 0.05) is 44.8 Å². The number of sulfonamides is 1. The van der Waals surface area contributed by atoms with Gasteiger partial charge in [-0.2, -0.15) is 17.5 Å². The van der Waals surface area contributed by atoms with Crippen molar-refractivity contribution >= 4 is 15.9 Å². The maximum atomic E-state index is 12.7. The molecule has 0 atom stereocenters. The lowest BCUT2D eigenvalue weighted by Crippen LogP contribution is -2.50. The van der Waals surface area contributed by atoms with E-state index in [0.717, 1.165) is 19.3 Å². The van der Waals surface area contributed by atoms with E-state index in [1.807, 2.05) is 0 Å². The van der Waals surface area contributed by atoms with Crippen LogP contribution in [0.15, 0.2) is 29.2 Å². The van der Waals surface area contributed by atoms with E-state index < -0.39 is 22.7 Å². The smallest absolute Gasteiger partial charge is 0.336 e. The van der Waals surface area contributed by atoms with Crippen molar-refractivity contribution in [1.82, 2.24) is 14.1 Å². The Bertz CT molecular complexity index is 783. The van der Waals surface area contributed by atoms with Gasteiger partial charge in [0.05, 0.1) is 11.4 Å². The highest BCUT2D eigenvalue weighted by Crippen LogP contribution is 2.22. The number of rotatable bonds is 4. The van der Waals surface area contributed by atoms with Gasteiger partial charge in [-0.15, -0.1) is 0 Å². The van der Waals surface area contributed by atoms with Crippen LogP contribution < -0.4 is 0 Å². The zero-order valence-corrected chi connectivity index (χ0v) is 16.3. The van der Waals surface area contributed by atoms with Crippen LogP contribution in [-0.2, 0) is 10.0 Å². The monoisotopic (exact) mass is 419 g/mol. The molecule has 0 saturated carbocycles. The number of carbonyl (C=O) groups is 1. The second-order valence-corrected chi connectivity index (χ2v) is 9.11. The summed E-state index contributed by atoms with van der Waals surface area (Å²) in [7, 11) is -3.56. The van der Waals surface area contributed by atoms with Crippen LogP contribution in [-0.4, -0.2) is 80.4 Å². The predicted octanol–water partition coefficient (Wildman–Crippen LogP) is 2.18. The fraction of sp³-hybridized carbons (Fsp3) is 0.611. The van der Waals surface area contributed by atoms with Crippen molar-refractivity contribution in [3.8, 4) is 0 Å². The Morgan fingerprint density at radius 1 is 0.893 bits per heavy atom. The molecule has 3 rings (SSSR count). The van der Waals surface area contributed by atoms with Gasteiger partial charge >= 0.3 is 6.18 Å². The third-order valence-electron chi connectivity index (χ3n) is 5.12. The van der Waals surface area contributed by atoms with Crippen LogP contribution in [0.4, 0.5) is 13.2 Å². The van der Waals surface area contributed by atoms with E-state index >= 15 is 0 Å². The highest BCUT2D eigenvalue weighted by molar-refractivity contribution is 7.89. The molecule has 0 spiro atoms. The van der Waals surface area contributed by atoms with E-state index in [1.54, 1.807) is 0 Å². The highest BCUT2D eigenvalue weighted by Gasteiger charge is 2.33. The van der Waals surface area contributed by atoms with Crippen molar-refractivity contribution in [2.24, 2.45) is 0 Å². The van der Waals surface area contributed by atoms with Gasteiger partial charge in [-0.05, 0) is 37.1 Å². The number of nitrogens with zero attached hydrogens (tertiary/aromatic N) is 3. The number of piperazine rings is 1. The van der Waals surface area contributed by atoms with Crippen molar-refractivity contribution in [1.29, 1.82) is 0 Å². The van der Waals surface area contributed by atoms with Gasteiger partial charge in [0.15, 0.2) is 0 Å². The molecule has 2 aliphatic heterocycles. The molecule has 0 N–H and O–H groups in total. The summed E-state index contributed by atoms with van der Waals surface area (Å²) >= 11 is 0. The average Bonchev–Trinajstić information content (AvgIpc) is 2.67. The molecule has 156 valence electrons. The van der Waals surface area contributed by atoms with E-state index in [4.69, 9.17) is 0 Å². The quantitative estimate of drug-likeness (QED) is 0.751. The zero-order valence-electron chi connectivity index (χ0n) is 15.5. The summed E-state index contributed by atoms with van der Waals surface area (Å²) in [5, 5.41) is 0. The molecule has 1 aromatic rings. The lowest BCUT2D eigenvalue weighted by molar-refractivity contribution is -0.148. The van der Waals surface area contributed by atoms with Gasteiger partial charge in [0.25, 0.3) is 5.91 Å². The first-order chi connectivity index (χ1) is 13.2. The van der Waals surface area contributed by atoms with Crippen LogP contribution in [0, 0.1) is 0 Å². The summed E-state index contributed by atoms with van der Waals surface area (Å²) < 4.78 is 64.1. The number of piperidine rings is 1. The van der Waals surface area contributed by atoms with Crippen molar-refractivity contribution in [2.45, 2.75) is 30.3 Å². The maximum Gasteiger partial charge on any atom is 0.401 e. The van der Waals surface area contributed by atoms with Crippen LogP contribution in [0.2, 0.25) is 0 Å². The second-order valence-electron chi connectivity index (χ2n) is 7.17. The van der Waals surface area contributed by atoms with E-state index in [1.165, 1.54) is 38.4 Å². The minimum absolute atomic E-state index is 0.154. The lowest BCUT2D eigenvalue weighted by Gasteiger charge is -2.35. The van der Waals surface area contributed by atoms with Crippen molar-refractivity contribution in [3.63, 3.8) is 0 Å². The van der Waals surface area contributed by atoms with Gasteiger partial charge in [0.2, 0.25) is 10.0 Å². The van der Waals surface area contributed by atoms with E-state index in [-0.39, 0.29) is 37.0 Å². The van der Waals surface area contributed by atoms with Crippen molar-refractivity contribution < 1.29 is 26.4 Å². The van der Waals surface area contributed by atoms with Crippen LogP contribution in [0.3, 0.4) is 0 Å². The molecule has 0 radical (unpaired) electrons. The number of halogens is 3. The number of carbonyl (C=O) groups excluding carboxylic acids is 1. The molecule has 0 aliphatic carbocycles. The molecule has 2 fully saturated rings. The van der Waals surface area contributed by atoms with Gasteiger partial charge in [-0.1, -0.05) is 6.42 Å². The predicted molar refractivity (Wildman–Crippen MR) is 97.5 cm³/mol. The Balaban J connectivity index is 1.61. The van der Waals surface area contributed by atoms with Gasteiger partial charge in [0.1, 0.15) is 0 Å². The molecule has 0 aromatic heterocycles. The Hall–Kier alpha value is -1.65. The van der Waals surface area contributed by atoms with Crippen LogP contribution in [0.1, 0.15) is 29.6 Å². The first kappa shape index (κ1) is 21.1. The molecule has 1 amide bonds. The summed E-state index contributed by atoms with van der Waals surface area (Å²) in [5.41, 5.74) is 0.335. The molecule has 28 heavy (non-hydrogen) atoms. The molecular weight excluding hydrogens is 395 g/mol. The van der Waals surface area contributed by atoms with Crippen LogP contribution >= 0.6 is 0 Å². The van der Waals surface area contributed by atoms with E-state index in [0.29, 0.717) is 18.7 Å². The average molecular weight is 419 g/mol. The first-order valence-electron chi connectivity index (χ1n) is 9.35. The second kappa shape index (κ2) is 8.38. The molecule has 0 unspecified atom stereocenters. The Kier molecular flexibility index (Phi) is 6.31. The van der Waals surface area contributed by atoms with Crippen LogP contribution in [0.5, 0.6) is 0 Å². The number of amides is 1. The molecular formula is C18H24F3N3O3S. The van der Waals surface area contributed by atoms with Crippen molar-refractivity contribution in [3.05, 3.63) is 29.8 Å². The normalized spacial score (nSPS) is 20.3. The zero-order chi connectivity index (χ0) is 20.4. The fourth-order valence-corrected chi connectivity index (χ4v) is 5.09. The summed E-state index contributed by atoms with van der Waals surface area (Å²) in [6, 6.07) is 5.80. The maximum absolute atomic E-state index is 12.7. The SMILES string of the molecule is O=C(c1ccc(S(=O)(=O)N2CCCCC2)cc1)N1CCN(CC(F)(F)F)CC1. The minimum atomic E-state index is -4.25. The number of hydrogen-bond donors (Lipinski definition) is 0. The van der Waals surface area contributed by atoms with Gasteiger partial charge in [-0.25, -0.2) is 8.42 Å². The molecule has 0 bridgehead atoms. The minimum Gasteiger partial charge on any atom is -0.336 e. The summed E-state index contributed by atoms with van der Waals surface area (Å²) in [6.07, 6.45) is -1.54. The van der Waals surface area contributed by atoms with Gasteiger partial charge in [-0.3, -0.25) is 9.69 Å². The standard InChI is InChI=1S/C18H24F3N3O3S/c19-18(20,21)14-22-10-12-23(13-11-22)17(25)15-4-6-16(7-5-15)28(26,27)24-8-2-1-3-9-24/h4-7H,1-3,8-14H2. The molecule has 10 heteroatoms. The van der Waals surface area contributed by atoms with E-state index in [2.05, 4.69) is 0 Å². The third kappa shape index (κ3) is 5.03. The van der Waals surface area contributed by atoms with Crippen molar-refractivity contribution in [2.75, 3.05) is 45.8 Å². The summed E-state index contributed by atoms with van der Waals surface area (Å²) in [6.45, 7) is 0.777. The number of benzene rings is 1. The van der Waals surface area contributed by atoms with Crippen LogP contribution in [0.25, 0.3) is 0 Å². The Labute approximate surface area is 162 Å². The third-order valence-corrected chi connectivity index (χ3v) is 7.03. The Morgan fingerprint density at radius 2 is 1.46 bits per heavy atom. The summed E-state index contributed by atoms with van der Waals surface area (Å²) in [4.78, 5) is 15.5. The molecule has 6 nitrogen and oxygen atoms in total. The lowest BCUT2D eigenvalue weighted by atomic mass is 10.2. The molecule has 1 aromatic carbocycles. The fourth-order valence-electron chi connectivity index (χ4n) is 3.57. The first-order valence-corrected chi connectivity index (χ1v) is 10.8. The molecule has 2 aliphatic rings. The van der Waals surface area contributed by atoms with Gasteiger partial charge < -0.3 is 4.90 Å². The molecule has 2 heterocycles. The number of alkyl halides is 3. The largest absolute Gasteiger partial charge is 0.401 e. The highest BCUT2D eigenvalue weighted by atomic mass is 32.2. The Morgan fingerprint density at radius 3 is 2.00 bits per heavy atom. The number of hydrogen-bond acceptors (Lipinski definition) is 4. The van der Waals surface area contributed by atoms with E-state index in [9.17, 15) is 26.4 Å².